The van der Waals surface area contributed by atoms with E-state index in [2.05, 4.69) is 33.4 Å². The summed E-state index contributed by atoms with van der Waals surface area (Å²) in [4.78, 5) is 12.3. The number of hydrogen-bond donors (Lipinski definition) is 2. The van der Waals surface area contributed by atoms with E-state index in [1.54, 1.807) is 31.4 Å². The van der Waals surface area contributed by atoms with E-state index in [1.165, 1.54) is 0 Å². The largest absolute Gasteiger partial charge is 0.493 e. The molecule has 0 heterocycles. The summed E-state index contributed by atoms with van der Waals surface area (Å²) >= 11 is 2.15. The van der Waals surface area contributed by atoms with Gasteiger partial charge < -0.3 is 14.9 Å². The minimum atomic E-state index is -0.413. The molecular weight excluding hydrogens is 455 g/mol. The average molecular weight is 474 g/mol. The summed E-state index contributed by atoms with van der Waals surface area (Å²) in [6, 6.07) is 22.5. The van der Waals surface area contributed by atoms with Gasteiger partial charge in [0.15, 0.2) is 11.5 Å². The molecule has 0 saturated carbocycles. The lowest BCUT2D eigenvalue weighted by atomic mass is 10.2. The molecular formula is C21H19IN2O3. The van der Waals surface area contributed by atoms with Crippen molar-refractivity contribution in [1.82, 2.24) is 5.43 Å². The second kappa shape index (κ2) is 9.38. The molecule has 5 nitrogen and oxygen atoms in total. The van der Waals surface area contributed by atoms with Gasteiger partial charge in [-0.1, -0.05) is 36.4 Å². The number of hydrazine groups is 1. The molecule has 0 bridgehead atoms. The minimum Gasteiger partial charge on any atom is -0.493 e. The van der Waals surface area contributed by atoms with Gasteiger partial charge in [0.05, 0.1) is 16.2 Å². The Kier molecular flexibility index (Phi) is 6.67. The van der Waals surface area contributed by atoms with Gasteiger partial charge in [0.25, 0.3) is 0 Å². The van der Waals surface area contributed by atoms with Gasteiger partial charge in [-0.05, 0) is 64.6 Å². The van der Waals surface area contributed by atoms with E-state index in [0.717, 1.165) is 14.8 Å². The lowest BCUT2D eigenvalue weighted by Gasteiger charge is -2.14. The summed E-state index contributed by atoms with van der Waals surface area (Å²) in [6.45, 7) is 0.578. The van der Waals surface area contributed by atoms with E-state index in [9.17, 15) is 4.79 Å². The first-order chi connectivity index (χ1) is 13.2. The van der Waals surface area contributed by atoms with E-state index in [-0.39, 0.29) is 0 Å². The second-order valence-corrected chi connectivity index (χ2v) is 6.87. The van der Waals surface area contributed by atoms with Crippen LogP contribution in [0.4, 0.5) is 5.69 Å². The quantitative estimate of drug-likeness (QED) is 0.226. The molecule has 3 aromatic rings. The van der Waals surface area contributed by atoms with Gasteiger partial charge in [-0.15, -0.1) is 0 Å². The maximum absolute atomic E-state index is 12.3. The number of carbonyl (C=O) groups is 1. The van der Waals surface area contributed by atoms with Crippen LogP contribution in [-0.4, -0.2) is 13.1 Å². The van der Waals surface area contributed by atoms with Gasteiger partial charge in [-0.25, -0.2) is 10.2 Å². The van der Waals surface area contributed by atoms with E-state index < -0.39 is 5.97 Å². The number of para-hydroxylation sites is 1. The van der Waals surface area contributed by atoms with Gasteiger partial charge in [-0.2, -0.15) is 0 Å². The number of benzene rings is 3. The highest BCUT2D eigenvalue weighted by molar-refractivity contribution is 14.1. The smallest absolute Gasteiger partial charge is 0.343 e. The highest BCUT2D eigenvalue weighted by Crippen LogP contribution is 2.34. The molecule has 3 rings (SSSR count). The number of anilines is 1. The number of nitrogens with one attached hydrogen (secondary N) is 2. The summed E-state index contributed by atoms with van der Waals surface area (Å²) in [7, 11) is 1.56. The van der Waals surface area contributed by atoms with Gasteiger partial charge in [0.2, 0.25) is 0 Å². The van der Waals surface area contributed by atoms with Crippen LogP contribution in [0.2, 0.25) is 0 Å². The molecule has 0 atom stereocenters. The Morgan fingerprint density at radius 1 is 1.00 bits per heavy atom. The zero-order chi connectivity index (χ0) is 19.1. The molecule has 0 aliphatic rings. The van der Waals surface area contributed by atoms with Crippen LogP contribution in [-0.2, 0) is 6.54 Å². The van der Waals surface area contributed by atoms with Crippen molar-refractivity contribution in [3.8, 4) is 11.5 Å². The molecule has 0 unspecified atom stereocenters. The van der Waals surface area contributed by atoms with Crippen LogP contribution in [0, 0.1) is 3.57 Å². The van der Waals surface area contributed by atoms with Crippen molar-refractivity contribution in [3.05, 3.63) is 87.5 Å². The number of methoxy groups -OCH3 is 1. The molecule has 0 aliphatic carbocycles. The number of hydrogen-bond acceptors (Lipinski definition) is 5. The van der Waals surface area contributed by atoms with Gasteiger partial charge in [-0.3, -0.25) is 0 Å². The lowest BCUT2D eigenvalue weighted by Crippen LogP contribution is -2.21. The molecule has 0 saturated heterocycles. The first-order valence-corrected chi connectivity index (χ1v) is 9.43. The first kappa shape index (κ1) is 19.2. The summed E-state index contributed by atoms with van der Waals surface area (Å²) in [5.41, 5.74) is 8.78. The molecule has 3 aromatic carbocycles. The third kappa shape index (κ3) is 5.21. The van der Waals surface area contributed by atoms with Crippen LogP contribution in [0.15, 0.2) is 72.8 Å². The van der Waals surface area contributed by atoms with Crippen LogP contribution in [0.1, 0.15) is 15.9 Å². The topological polar surface area (TPSA) is 59.6 Å². The first-order valence-electron chi connectivity index (χ1n) is 8.35. The minimum absolute atomic E-state index is 0.413. The van der Waals surface area contributed by atoms with Gasteiger partial charge >= 0.3 is 5.97 Å². The predicted molar refractivity (Wildman–Crippen MR) is 114 cm³/mol. The average Bonchev–Trinajstić information content (AvgIpc) is 2.71. The van der Waals surface area contributed by atoms with Crippen molar-refractivity contribution in [3.63, 3.8) is 0 Å². The van der Waals surface area contributed by atoms with E-state index in [1.807, 2.05) is 48.5 Å². The molecule has 0 aromatic heterocycles. The molecule has 0 spiro atoms. The Bertz CT molecular complexity index is 902. The lowest BCUT2D eigenvalue weighted by molar-refractivity contribution is 0.0728. The molecule has 0 radical (unpaired) electrons. The Labute approximate surface area is 171 Å². The number of esters is 1. The third-order valence-corrected chi connectivity index (χ3v) is 4.59. The molecule has 0 fully saturated rings. The van der Waals surface area contributed by atoms with Crippen molar-refractivity contribution in [2.75, 3.05) is 12.5 Å². The van der Waals surface area contributed by atoms with Crippen molar-refractivity contribution >= 4 is 34.2 Å². The molecule has 27 heavy (non-hydrogen) atoms. The van der Waals surface area contributed by atoms with Gasteiger partial charge in [0, 0.05) is 12.2 Å². The Balaban J connectivity index is 1.70. The van der Waals surface area contributed by atoms with Crippen molar-refractivity contribution < 1.29 is 14.3 Å². The maximum atomic E-state index is 12.3. The standard InChI is InChI=1S/C21H19IN2O3/c1-26-19-13-15(14-23-24-17-10-6-3-7-11-17)12-18(22)20(19)27-21(25)16-8-4-2-5-9-16/h2-13,23-24H,14H2,1H3. The van der Waals surface area contributed by atoms with Crippen LogP contribution >= 0.6 is 22.6 Å². The number of halogens is 1. The zero-order valence-corrected chi connectivity index (χ0v) is 16.9. The van der Waals surface area contributed by atoms with Crippen LogP contribution < -0.4 is 20.3 Å². The third-order valence-electron chi connectivity index (χ3n) is 3.79. The summed E-state index contributed by atoms with van der Waals surface area (Å²) in [5.74, 6) is 0.526. The van der Waals surface area contributed by atoms with Crippen LogP contribution in [0.25, 0.3) is 0 Å². The Hall–Kier alpha value is -2.58. The molecule has 0 amide bonds. The van der Waals surface area contributed by atoms with E-state index in [0.29, 0.717) is 23.6 Å². The molecule has 2 N–H and O–H groups in total. The highest BCUT2D eigenvalue weighted by atomic mass is 127. The van der Waals surface area contributed by atoms with Crippen LogP contribution in [0.3, 0.4) is 0 Å². The number of rotatable bonds is 7. The van der Waals surface area contributed by atoms with Crippen LogP contribution in [0.5, 0.6) is 11.5 Å². The second-order valence-electron chi connectivity index (χ2n) is 5.71. The maximum Gasteiger partial charge on any atom is 0.343 e. The summed E-state index contributed by atoms with van der Waals surface area (Å²) < 4.78 is 11.8. The molecule has 6 heteroatoms. The summed E-state index contributed by atoms with van der Waals surface area (Å²) in [6.07, 6.45) is 0. The Morgan fingerprint density at radius 2 is 1.67 bits per heavy atom. The van der Waals surface area contributed by atoms with E-state index in [4.69, 9.17) is 9.47 Å². The fourth-order valence-corrected chi connectivity index (χ4v) is 3.25. The molecule has 138 valence electrons. The predicted octanol–water partition coefficient (Wildman–Crippen LogP) is 4.64. The number of carbonyl (C=O) groups excluding carboxylic acids is 1. The van der Waals surface area contributed by atoms with Gasteiger partial charge in [0.1, 0.15) is 0 Å². The highest BCUT2D eigenvalue weighted by Gasteiger charge is 2.16. The van der Waals surface area contributed by atoms with Crippen molar-refractivity contribution in [1.29, 1.82) is 0 Å². The normalized spacial score (nSPS) is 10.3. The number of ether oxygens (including phenoxy) is 2. The fourth-order valence-electron chi connectivity index (χ4n) is 2.47. The zero-order valence-electron chi connectivity index (χ0n) is 14.7. The monoisotopic (exact) mass is 474 g/mol. The molecule has 0 aliphatic heterocycles. The van der Waals surface area contributed by atoms with Crippen molar-refractivity contribution in [2.45, 2.75) is 6.54 Å². The Morgan fingerprint density at radius 3 is 2.33 bits per heavy atom. The summed E-state index contributed by atoms with van der Waals surface area (Å²) in [5, 5.41) is 0. The SMILES string of the molecule is COc1cc(CNNc2ccccc2)cc(I)c1OC(=O)c1ccccc1. The van der Waals surface area contributed by atoms with Crippen molar-refractivity contribution in [2.24, 2.45) is 0 Å². The fraction of sp³-hybridized carbons (Fsp3) is 0.0952. The van der Waals surface area contributed by atoms with E-state index >= 15 is 0 Å².